The van der Waals surface area contributed by atoms with Crippen molar-refractivity contribution in [1.29, 1.82) is 0 Å². The standard InChI is InChI=1S/C7H8N4O/c8-7(12)6-5-3-9-1-2-11(5)4-10-6/h1,3H,2,4H2,(H2,8,12). The van der Waals surface area contributed by atoms with Crippen LogP contribution in [0.3, 0.4) is 0 Å². The Morgan fingerprint density at radius 1 is 1.67 bits per heavy atom. The zero-order valence-electron chi connectivity index (χ0n) is 6.40. The van der Waals surface area contributed by atoms with E-state index in [1.54, 1.807) is 12.4 Å². The molecule has 0 radical (unpaired) electrons. The van der Waals surface area contributed by atoms with Crippen LogP contribution in [0.25, 0.3) is 0 Å². The highest BCUT2D eigenvalue weighted by Gasteiger charge is 2.25. The number of amides is 1. The van der Waals surface area contributed by atoms with Crippen molar-refractivity contribution < 1.29 is 4.79 Å². The number of hydrogen-bond acceptors (Lipinski definition) is 4. The SMILES string of the molecule is NC(=O)C1=NCN2CC=NC=C12. The van der Waals surface area contributed by atoms with Crippen molar-refractivity contribution in [3.8, 4) is 0 Å². The average Bonchev–Trinajstić information content (AvgIpc) is 2.47. The van der Waals surface area contributed by atoms with Crippen LogP contribution in [0.2, 0.25) is 0 Å². The zero-order chi connectivity index (χ0) is 8.55. The number of carbonyl (C=O) groups is 1. The maximum Gasteiger partial charge on any atom is 0.269 e. The van der Waals surface area contributed by atoms with E-state index in [4.69, 9.17) is 5.73 Å². The van der Waals surface area contributed by atoms with Crippen molar-refractivity contribution in [1.82, 2.24) is 4.90 Å². The Balaban J connectivity index is 2.34. The van der Waals surface area contributed by atoms with Crippen molar-refractivity contribution in [3.05, 3.63) is 11.9 Å². The van der Waals surface area contributed by atoms with E-state index in [-0.39, 0.29) is 0 Å². The predicted octanol–water partition coefficient (Wildman–Crippen LogP) is -0.888. The summed E-state index contributed by atoms with van der Waals surface area (Å²) in [6.45, 7) is 1.21. The number of fused-ring (bicyclic) bond motifs is 1. The molecule has 5 heteroatoms. The fourth-order valence-corrected chi connectivity index (χ4v) is 1.24. The summed E-state index contributed by atoms with van der Waals surface area (Å²) in [5.74, 6) is -0.485. The molecule has 0 bridgehead atoms. The van der Waals surface area contributed by atoms with Crippen molar-refractivity contribution in [2.45, 2.75) is 0 Å². The van der Waals surface area contributed by atoms with Crippen molar-refractivity contribution >= 4 is 17.8 Å². The highest BCUT2D eigenvalue weighted by molar-refractivity contribution is 6.45. The molecule has 2 aliphatic heterocycles. The third-order valence-corrected chi connectivity index (χ3v) is 1.82. The second-order valence-electron chi connectivity index (χ2n) is 2.58. The van der Waals surface area contributed by atoms with Gasteiger partial charge in [0, 0.05) is 6.21 Å². The monoisotopic (exact) mass is 164 g/mol. The minimum atomic E-state index is -0.485. The molecule has 12 heavy (non-hydrogen) atoms. The van der Waals surface area contributed by atoms with Crippen LogP contribution in [-0.2, 0) is 4.79 Å². The summed E-state index contributed by atoms with van der Waals surface area (Å²) in [7, 11) is 0. The Labute approximate surface area is 69.3 Å². The second-order valence-corrected chi connectivity index (χ2v) is 2.58. The van der Waals surface area contributed by atoms with E-state index in [1.807, 2.05) is 4.90 Å². The summed E-state index contributed by atoms with van der Waals surface area (Å²) in [6.07, 6.45) is 3.38. The summed E-state index contributed by atoms with van der Waals surface area (Å²) < 4.78 is 0. The highest BCUT2D eigenvalue weighted by Crippen LogP contribution is 2.15. The maximum atomic E-state index is 10.8. The van der Waals surface area contributed by atoms with Crippen molar-refractivity contribution in [2.24, 2.45) is 15.7 Å². The molecule has 0 fully saturated rings. The summed E-state index contributed by atoms with van der Waals surface area (Å²) >= 11 is 0. The molecule has 1 amide bonds. The lowest BCUT2D eigenvalue weighted by Crippen LogP contribution is -2.30. The van der Waals surface area contributed by atoms with Crippen LogP contribution in [0.4, 0.5) is 0 Å². The van der Waals surface area contributed by atoms with Crippen molar-refractivity contribution in [2.75, 3.05) is 13.2 Å². The van der Waals surface area contributed by atoms with Gasteiger partial charge in [-0.15, -0.1) is 0 Å². The first-order valence-electron chi connectivity index (χ1n) is 3.60. The minimum Gasteiger partial charge on any atom is -0.364 e. The van der Waals surface area contributed by atoms with E-state index < -0.39 is 5.91 Å². The van der Waals surface area contributed by atoms with Crippen LogP contribution in [-0.4, -0.2) is 35.9 Å². The normalized spacial score (nSPS) is 20.2. The lowest BCUT2D eigenvalue weighted by atomic mass is 10.2. The van der Waals surface area contributed by atoms with Gasteiger partial charge in [0.2, 0.25) is 0 Å². The van der Waals surface area contributed by atoms with Gasteiger partial charge in [-0.25, -0.2) is 0 Å². The van der Waals surface area contributed by atoms with Gasteiger partial charge in [-0.2, -0.15) is 0 Å². The van der Waals surface area contributed by atoms with Crippen LogP contribution in [0.5, 0.6) is 0 Å². The maximum absolute atomic E-state index is 10.8. The van der Waals surface area contributed by atoms with E-state index in [2.05, 4.69) is 9.98 Å². The molecule has 62 valence electrons. The molecular formula is C7H8N4O. The fourth-order valence-electron chi connectivity index (χ4n) is 1.24. The van der Waals surface area contributed by atoms with Crippen molar-refractivity contribution in [3.63, 3.8) is 0 Å². The third kappa shape index (κ3) is 0.903. The third-order valence-electron chi connectivity index (χ3n) is 1.82. The van der Waals surface area contributed by atoms with Crippen LogP contribution >= 0.6 is 0 Å². The molecule has 0 saturated carbocycles. The Morgan fingerprint density at radius 2 is 2.50 bits per heavy atom. The van der Waals surface area contributed by atoms with Crippen LogP contribution in [0.15, 0.2) is 21.9 Å². The van der Waals surface area contributed by atoms with Gasteiger partial charge in [-0.3, -0.25) is 14.8 Å². The molecule has 2 N–H and O–H groups in total. The molecule has 2 rings (SSSR count). The first-order chi connectivity index (χ1) is 5.79. The Bertz CT molecular complexity index is 315. The zero-order valence-corrected chi connectivity index (χ0v) is 6.40. The molecule has 0 unspecified atom stereocenters. The number of hydrogen-bond donors (Lipinski definition) is 1. The Morgan fingerprint density at radius 3 is 3.25 bits per heavy atom. The first-order valence-corrected chi connectivity index (χ1v) is 3.60. The summed E-state index contributed by atoms with van der Waals surface area (Å²) in [6, 6.07) is 0. The smallest absolute Gasteiger partial charge is 0.269 e. The van der Waals surface area contributed by atoms with Crippen LogP contribution in [0.1, 0.15) is 0 Å². The van der Waals surface area contributed by atoms with E-state index in [0.717, 1.165) is 5.70 Å². The fraction of sp³-hybridized carbons (Fsp3) is 0.286. The first kappa shape index (κ1) is 7.02. The van der Waals surface area contributed by atoms with E-state index in [0.29, 0.717) is 18.9 Å². The number of nitrogens with two attached hydrogens (primary N) is 1. The Hall–Kier alpha value is -1.65. The largest absolute Gasteiger partial charge is 0.364 e. The molecule has 2 heterocycles. The summed E-state index contributed by atoms with van der Waals surface area (Å²) in [4.78, 5) is 20.7. The number of carbonyl (C=O) groups excluding carboxylic acids is 1. The number of aliphatic imine (C=N–C) groups is 2. The lowest BCUT2D eigenvalue weighted by Gasteiger charge is -2.18. The van der Waals surface area contributed by atoms with Gasteiger partial charge in [0.05, 0.1) is 18.4 Å². The molecule has 5 nitrogen and oxygen atoms in total. The molecule has 0 atom stereocenters. The molecule has 0 aromatic heterocycles. The number of nitrogens with zero attached hydrogens (tertiary/aromatic N) is 3. The van der Waals surface area contributed by atoms with Gasteiger partial charge in [-0.1, -0.05) is 0 Å². The van der Waals surface area contributed by atoms with Crippen LogP contribution in [0, 0.1) is 0 Å². The number of primary amides is 1. The van der Waals surface area contributed by atoms with E-state index in [1.165, 1.54) is 0 Å². The van der Waals surface area contributed by atoms with Gasteiger partial charge in [0.1, 0.15) is 12.4 Å². The molecular weight excluding hydrogens is 156 g/mol. The molecule has 0 spiro atoms. The highest BCUT2D eigenvalue weighted by atomic mass is 16.1. The molecule has 0 aliphatic carbocycles. The second kappa shape index (κ2) is 2.44. The lowest BCUT2D eigenvalue weighted by molar-refractivity contribution is -0.111. The predicted molar refractivity (Wildman–Crippen MR) is 44.8 cm³/mol. The topological polar surface area (TPSA) is 71.1 Å². The van der Waals surface area contributed by atoms with Gasteiger partial charge in [0.15, 0.2) is 0 Å². The summed E-state index contributed by atoms with van der Waals surface area (Å²) in [5.41, 5.74) is 6.20. The van der Waals surface area contributed by atoms with Crippen LogP contribution < -0.4 is 5.73 Å². The average molecular weight is 164 g/mol. The number of rotatable bonds is 1. The van der Waals surface area contributed by atoms with E-state index >= 15 is 0 Å². The summed E-state index contributed by atoms with van der Waals surface area (Å²) in [5, 5.41) is 0. The van der Waals surface area contributed by atoms with E-state index in [9.17, 15) is 4.79 Å². The molecule has 0 aromatic rings. The quantitative estimate of drug-likeness (QED) is 0.546. The molecule has 0 aromatic carbocycles. The van der Waals surface area contributed by atoms with Gasteiger partial charge >= 0.3 is 0 Å². The van der Waals surface area contributed by atoms with Gasteiger partial charge < -0.3 is 10.6 Å². The van der Waals surface area contributed by atoms with Gasteiger partial charge in [0.25, 0.3) is 5.91 Å². The Kier molecular flexibility index (Phi) is 1.43. The molecule has 0 saturated heterocycles. The van der Waals surface area contributed by atoms with Gasteiger partial charge in [-0.05, 0) is 0 Å². The minimum absolute atomic E-state index is 0.340. The molecule has 2 aliphatic rings.